The van der Waals surface area contributed by atoms with Gasteiger partial charge in [-0.3, -0.25) is 4.79 Å². The van der Waals surface area contributed by atoms with Crippen molar-refractivity contribution in [2.75, 3.05) is 11.9 Å². The Labute approximate surface area is 122 Å². The zero-order valence-electron chi connectivity index (χ0n) is 11.1. The first kappa shape index (κ1) is 14.8. The maximum atomic E-state index is 12.1. The highest BCUT2D eigenvalue weighted by Gasteiger charge is 2.24. The lowest BCUT2D eigenvalue weighted by atomic mass is 9.94. The van der Waals surface area contributed by atoms with Crippen LogP contribution in [0.1, 0.15) is 30.1 Å². The molecule has 1 heterocycles. The zero-order chi connectivity index (χ0) is 14.7. The summed E-state index contributed by atoms with van der Waals surface area (Å²) in [5.41, 5.74) is 0.456. The van der Waals surface area contributed by atoms with E-state index < -0.39 is 5.97 Å². The number of carboxylic acid groups (broad SMARTS) is 1. The number of carbonyl (C=O) groups excluding carboxylic acids is 1. The van der Waals surface area contributed by atoms with Crippen LogP contribution in [0, 0.1) is 5.92 Å². The van der Waals surface area contributed by atoms with Crippen molar-refractivity contribution in [1.82, 2.24) is 5.32 Å². The molecule has 1 aromatic carbocycles. The van der Waals surface area contributed by atoms with Crippen LogP contribution in [0.5, 0.6) is 0 Å². The molecule has 0 aromatic heterocycles. The molecule has 2 unspecified atom stereocenters. The van der Waals surface area contributed by atoms with Crippen LogP contribution in [0.3, 0.4) is 0 Å². The average molecular weight is 297 g/mol. The third-order valence-electron chi connectivity index (χ3n) is 3.39. The Morgan fingerprint density at radius 1 is 1.40 bits per heavy atom. The van der Waals surface area contributed by atoms with Gasteiger partial charge in [-0.25, -0.2) is 4.79 Å². The van der Waals surface area contributed by atoms with Gasteiger partial charge in [-0.1, -0.05) is 18.5 Å². The van der Waals surface area contributed by atoms with Crippen molar-refractivity contribution in [1.29, 1.82) is 0 Å². The summed E-state index contributed by atoms with van der Waals surface area (Å²) in [5.74, 6) is -0.733. The number of hydrogen-bond donors (Lipinski definition) is 3. The largest absolute Gasteiger partial charge is 0.478 e. The first-order chi connectivity index (χ1) is 9.45. The van der Waals surface area contributed by atoms with Crippen LogP contribution in [-0.2, 0) is 4.79 Å². The number of piperidine rings is 1. The number of carbonyl (C=O) groups is 2. The molecule has 1 saturated heterocycles. The summed E-state index contributed by atoms with van der Waals surface area (Å²) in [4.78, 5) is 23.1. The Morgan fingerprint density at radius 3 is 2.80 bits per heavy atom. The second kappa shape index (κ2) is 6.24. The van der Waals surface area contributed by atoms with Gasteiger partial charge in [0, 0.05) is 10.7 Å². The predicted molar refractivity (Wildman–Crippen MR) is 77.2 cm³/mol. The third-order valence-corrected chi connectivity index (χ3v) is 3.61. The highest BCUT2D eigenvalue weighted by atomic mass is 35.5. The minimum absolute atomic E-state index is 0.0535. The summed E-state index contributed by atoms with van der Waals surface area (Å²) >= 11 is 5.86. The Balaban J connectivity index is 2.09. The molecule has 0 bridgehead atoms. The van der Waals surface area contributed by atoms with Crippen molar-refractivity contribution in [2.24, 2.45) is 5.92 Å². The molecule has 5 nitrogen and oxygen atoms in total. The van der Waals surface area contributed by atoms with Crippen molar-refractivity contribution >= 4 is 29.2 Å². The molecular formula is C14H17ClN2O3. The molecule has 0 radical (unpaired) electrons. The second-order valence-electron chi connectivity index (χ2n) is 5.16. The van der Waals surface area contributed by atoms with Crippen molar-refractivity contribution in [3.05, 3.63) is 28.8 Å². The van der Waals surface area contributed by atoms with Gasteiger partial charge in [-0.05, 0) is 43.5 Å². The molecule has 108 valence electrons. The Kier molecular flexibility index (Phi) is 4.62. The summed E-state index contributed by atoms with van der Waals surface area (Å²) in [5, 5.41) is 15.1. The molecule has 1 amide bonds. The van der Waals surface area contributed by atoms with Crippen LogP contribution in [0.4, 0.5) is 5.69 Å². The topological polar surface area (TPSA) is 78.4 Å². The van der Waals surface area contributed by atoms with Gasteiger partial charge in [-0.2, -0.15) is 0 Å². The zero-order valence-corrected chi connectivity index (χ0v) is 11.9. The Hall–Kier alpha value is -1.59. The molecule has 0 saturated carbocycles. The van der Waals surface area contributed by atoms with E-state index in [1.54, 1.807) is 0 Å². The van der Waals surface area contributed by atoms with Crippen molar-refractivity contribution in [3.63, 3.8) is 0 Å². The van der Waals surface area contributed by atoms with Gasteiger partial charge < -0.3 is 15.7 Å². The van der Waals surface area contributed by atoms with Gasteiger partial charge in [-0.15, -0.1) is 0 Å². The number of halogens is 1. The van der Waals surface area contributed by atoms with Gasteiger partial charge in [0.05, 0.1) is 11.6 Å². The maximum absolute atomic E-state index is 12.1. The monoisotopic (exact) mass is 296 g/mol. The smallest absolute Gasteiger partial charge is 0.335 e. The summed E-state index contributed by atoms with van der Waals surface area (Å²) in [7, 11) is 0. The Bertz CT molecular complexity index is 533. The van der Waals surface area contributed by atoms with E-state index in [9.17, 15) is 9.59 Å². The van der Waals surface area contributed by atoms with Crippen LogP contribution >= 0.6 is 11.6 Å². The molecule has 1 aliphatic heterocycles. The lowest BCUT2D eigenvalue weighted by Gasteiger charge is -2.27. The number of amides is 1. The number of anilines is 1. The second-order valence-corrected chi connectivity index (χ2v) is 5.60. The Morgan fingerprint density at radius 2 is 2.15 bits per heavy atom. The SMILES string of the molecule is CC1CCNC(C(=O)Nc2cc(Cl)cc(C(=O)O)c2)C1. The number of benzene rings is 1. The molecular weight excluding hydrogens is 280 g/mol. The molecule has 6 heteroatoms. The van der Waals surface area contributed by atoms with Crippen LogP contribution in [0.15, 0.2) is 18.2 Å². The summed E-state index contributed by atoms with van der Waals surface area (Å²) in [6, 6.07) is 4.04. The molecule has 1 aliphatic rings. The van der Waals surface area contributed by atoms with Crippen LogP contribution < -0.4 is 10.6 Å². The van der Waals surface area contributed by atoms with Gasteiger partial charge in [0.1, 0.15) is 0 Å². The fourth-order valence-electron chi connectivity index (χ4n) is 2.32. The summed E-state index contributed by atoms with van der Waals surface area (Å²) in [6.45, 7) is 2.93. The minimum atomic E-state index is -1.08. The van der Waals surface area contributed by atoms with E-state index in [4.69, 9.17) is 16.7 Å². The summed E-state index contributed by atoms with van der Waals surface area (Å²) in [6.07, 6.45) is 1.84. The van der Waals surface area contributed by atoms with Gasteiger partial charge >= 0.3 is 5.97 Å². The average Bonchev–Trinajstić information content (AvgIpc) is 2.37. The van der Waals surface area contributed by atoms with Crippen molar-refractivity contribution in [3.8, 4) is 0 Å². The number of aromatic carboxylic acids is 1. The maximum Gasteiger partial charge on any atom is 0.335 e. The number of rotatable bonds is 3. The standard InChI is InChI=1S/C14H17ClN2O3/c1-8-2-3-16-12(4-8)13(18)17-11-6-9(14(19)20)5-10(15)7-11/h5-8,12,16H,2-4H2,1H3,(H,17,18)(H,19,20). The fraction of sp³-hybridized carbons (Fsp3) is 0.429. The quantitative estimate of drug-likeness (QED) is 0.800. The van der Waals surface area contributed by atoms with E-state index in [1.807, 2.05) is 0 Å². The molecule has 20 heavy (non-hydrogen) atoms. The molecule has 3 N–H and O–H groups in total. The summed E-state index contributed by atoms with van der Waals surface area (Å²) < 4.78 is 0. The lowest BCUT2D eigenvalue weighted by molar-refractivity contribution is -0.119. The van der Waals surface area contributed by atoms with Gasteiger partial charge in [0.25, 0.3) is 0 Å². The van der Waals surface area contributed by atoms with E-state index in [1.165, 1.54) is 18.2 Å². The number of carboxylic acids is 1. The van der Waals surface area contributed by atoms with E-state index >= 15 is 0 Å². The first-order valence-corrected chi connectivity index (χ1v) is 6.91. The van der Waals surface area contributed by atoms with Crippen LogP contribution in [0.25, 0.3) is 0 Å². The molecule has 2 atom stereocenters. The minimum Gasteiger partial charge on any atom is -0.478 e. The van der Waals surface area contributed by atoms with Gasteiger partial charge in [0.2, 0.25) is 5.91 Å². The molecule has 1 aromatic rings. The molecule has 0 spiro atoms. The van der Waals surface area contributed by atoms with E-state index in [2.05, 4.69) is 17.6 Å². The molecule has 1 fully saturated rings. The van der Waals surface area contributed by atoms with Crippen molar-refractivity contribution in [2.45, 2.75) is 25.8 Å². The molecule has 0 aliphatic carbocycles. The van der Waals surface area contributed by atoms with Crippen LogP contribution in [-0.4, -0.2) is 29.6 Å². The normalized spacial score (nSPS) is 22.3. The predicted octanol–water partition coefficient (Wildman–Crippen LogP) is 2.36. The van der Waals surface area contributed by atoms with E-state index in [-0.39, 0.29) is 22.5 Å². The number of nitrogens with one attached hydrogen (secondary N) is 2. The lowest BCUT2D eigenvalue weighted by Crippen LogP contribution is -2.45. The van der Waals surface area contributed by atoms with Crippen LogP contribution in [0.2, 0.25) is 5.02 Å². The number of hydrogen-bond acceptors (Lipinski definition) is 3. The van der Waals surface area contributed by atoms with E-state index in [0.717, 1.165) is 19.4 Å². The van der Waals surface area contributed by atoms with Crippen molar-refractivity contribution < 1.29 is 14.7 Å². The van der Waals surface area contributed by atoms with E-state index in [0.29, 0.717) is 11.6 Å². The molecule has 2 rings (SSSR count). The third kappa shape index (κ3) is 3.71. The first-order valence-electron chi connectivity index (χ1n) is 6.54. The highest BCUT2D eigenvalue weighted by molar-refractivity contribution is 6.31. The van der Waals surface area contributed by atoms with Gasteiger partial charge in [0.15, 0.2) is 0 Å². The highest BCUT2D eigenvalue weighted by Crippen LogP contribution is 2.21. The fourth-order valence-corrected chi connectivity index (χ4v) is 2.56.